The Kier molecular flexibility index (Phi) is 7.60. The molecule has 3 heteroatoms. The Balaban J connectivity index is 2.32. The molecule has 0 aliphatic heterocycles. The maximum Gasteiger partial charge on any atom is 0.162 e. The highest BCUT2D eigenvalue weighted by Crippen LogP contribution is 2.21. The van der Waals surface area contributed by atoms with E-state index in [-0.39, 0.29) is 5.78 Å². The van der Waals surface area contributed by atoms with E-state index in [4.69, 9.17) is 11.6 Å². The molecule has 1 aromatic rings. The van der Waals surface area contributed by atoms with Crippen LogP contribution in [0, 0.1) is 0 Å². The molecule has 0 heterocycles. The standard InChI is InChI=1S/C15H20BrClO/c1-2-3-4-5-6-7-8-15(18)12-9-13(16)11-14(17)10-12/h9-11H,2-8H2,1H3. The van der Waals surface area contributed by atoms with Gasteiger partial charge in [-0.1, -0.05) is 66.6 Å². The number of rotatable bonds is 8. The molecule has 0 amide bonds. The van der Waals surface area contributed by atoms with E-state index in [1.54, 1.807) is 12.1 Å². The summed E-state index contributed by atoms with van der Waals surface area (Å²) in [6.07, 6.45) is 7.83. The van der Waals surface area contributed by atoms with Gasteiger partial charge in [0.05, 0.1) is 0 Å². The van der Waals surface area contributed by atoms with Crippen molar-refractivity contribution in [3.8, 4) is 0 Å². The lowest BCUT2D eigenvalue weighted by Crippen LogP contribution is -1.99. The van der Waals surface area contributed by atoms with Gasteiger partial charge >= 0.3 is 0 Å². The zero-order valence-corrected chi connectivity index (χ0v) is 13.2. The quantitative estimate of drug-likeness (QED) is 0.419. The fraction of sp³-hybridized carbons (Fsp3) is 0.533. The van der Waals surface area contributed by atoms with Crippen molar-refractivity contribution in [2.75, 3.05) is 0 Å². The van der Waals surface area contributed by atoms with Crippen LogP contribution in [0.4, 0.5) is 0 Å². The van der Waals surface area contributed by atoms with Crippen LogP contribution in [0.15, 0.2) is 22.7 Å². The third-order valence-corrected chi connectivity index (χ3v) is 3.62. The monoisotopic (exact) mass is 330 g/mol. The van der Waals surface area contributed by atoms with Crippen molar-refractivity contribution in [3.63, 3.8) is 0 Å². The first kappa shape index (κ1) is 15.7. The van der Waals surface area contributed by atoms with Gasteiger partial charge in [-0.05, 0) is 24.6 Å². The number of Topliss-reactive ketones (excluding diaryl/α,β-unsaturated/α-hetero) is 1. The highest BCUT2D eigenvalue weighted by Gasteiger charge is 2.07. The lowest BCUT2D eigenvalue weighted by Gasteiger charge is -2.03. The summed E-state index contributed by atoms with van der Waals surface area (Å²) in [5, 5.41) is 0.607. The molecule has 0 aliphatic rings. The molecular formula is C15H20BrClO. The SMILES string of the molecule is CCCCCCCCC(=O)c1cc(Cl)cc(Br)c1. The number of hydrogen-bond acceptors (Lipinski definition) is 1. The number of hydrogen-bond donors (Lipinski definition) is 0. The summed E-state index contributed by atoms with van der Waals surface area (Å²) in [7, 11) is 0. The van der Waals surface area contributed by atoms with Gasteiger partial charge in [-0.15, -0.1) is 0 Å². The summed E-state index contributed by atoms with van der Waals surface area (Å²) in [5.41, 5.74) is 0.711. The minimum absolute atomic E-state index is 0.189. The molecule has 1 aromatic carbocycles. The average molecular weight is 332 g/mol. The van der Waals surface area contributed by atoms with Crippen molar-refractivity contribution >= 4 is 33.3 Å². The Morgan fingerprint density at radius 3 is 2.44 bits per heavy atom. The maximum atomic E-state index is 12.0. The number of benzene rings is 1. The van der Waals surface area contributed by atoms with Crippen LogP contribution in [0.2, 0.25) is 5.02 Å². The Hall–Kier alpha value is -0.340. The Morgan fingerprint density at radius 1 is 1.11 bits per heavy atom. The summed E-state index contributed by atoms with van der Waals surface area (Å²) in [6.45, 7) is 2.21. The van der Waals surface area contributed by atoms with E-state index in [0.29, 0.717) is 17.0 Å². The number of ketones is 1. The largest absolute Gasteiger partial charge is 0.294 e. The summed E-state index contributed by atoms with van der Waals surface area (Å²) < 4.78 is 0.862. The van der Waals surface area contributed by atoms with Gasteiger partial charge in [0.25, 0.3) is 0 Å². The van der Waals surface area contributed by atoms with E-state index in [0.717, 1.165) is 17.3 Å². The highest BCUT2D eigenvalue weighted by molar-refractivity contribution is 9.10. The average Bonchev–Trinajstić information content (AvgIpc) is 2.32. The number of halogens is 2. The number of carbonyl (C=O) groups is 1. The van der Waals surface area contributed by atoms with Crippen LogP contribution in [0.3, 0.4) is 0 Å². The zero-order valence-electron chi connectivity index (χ0n) is 10.8. The van der Waals surface area contributed by atoms with Crippen LogP contribution in [-0.4, -0.2) is 5.78 Å². The van der Waals surface area contributed by atoms with Crippen molar-refractivity contribution in [2.45, 2.75) is 51.9 Å². The first-order valence-electron chi connectivity index (χ1n) is 6.62. The maximum absolute atomic E-state index is 12.0. The van der Waals surface area contributed by atoms with Crippen molar-refractivity contribution in [3.05, 3.63) is 33.3 Å². The van der Waals surface area contributed by atoms with Gasteiger partial charge in [0, 0.05) is 21.5 Å². The summed E-state index contributed by atoms with van der Waals surface area (Å²) in [6, 6.07) is 5.38. The van der Waals surface area contributed by atoms with Gasteiger partial charge in [-0.2, -0.15) is 0 Å². The lowest BCUT2D eigenvalue weighted by molar-refractivity contribution is 0.0979. The van der Waals surface area contributed by atoms with Gasteiger partial charge in [-0.25, -0.2) is 0 Å². The fourth-order valence-electron chi connectivity index (χ4n) is 1.93. The van der Waals surface area contributed by atoms with Crippen molar-refractivity contribution in [2.24, 2.45) is 0 Å². The molecule has 0 fully saturated rings. The van der Waals surface area contributed by atoms with Gasteiger partial charge < -0.3 is 0 Å². The highest BCUT2D eigenvalue weighted by atomic mass is 79.9. The molecule has 18 heavy (non-hydrogen) atoms. The molecule has 0 radical (unpaired) electrons. The minimum Gasteiger partial charge on any atom is -0.294 e. The van der Waals surface area contributed by atoms with Crippen LogP contribution in [0.1, 0.15) is 62.2 Å². The van der Waals surface area contributed by atoms with Crippen molar-refractivity contribution < 1.29 is 4.79 Å². The van der Waals surface area contributed by atoms with E-state index in [9.17, 15) is 4.79 Å². The van der Waals surface area contributed by atoms with E-state index in [2.05, 4.69) is 22.9 Å². The minimum atomic E-state index is 0.189. The summed E-state index contributed by atoms with van der Waals surface area (Å²) in [5.74, 6) is 0.189. The van der Waals surface area contributed by atoms with Crippen LogP contribution >= 0.6 is 27.5 Å². The first-order chi connectivity index (χ1) is 8.63. The number of unbranched alkanes of at least 4 members (excludes halogenated alkanes) is 5. The van der Waals surface area contributed by atoms with Gasteiger partial charge in [0.15, 0.2) is 5.78 Å². The molecule has 0 N–H and O–H groups in total. The van der Waals surface area contributed by atoms with Crippen LogP contribution in [0.5, 0.6) is 0 Å². The topological polar surface area (TPSA) is 17.1 Å². The predicted octanol–water partition coefficient (Wildman–Crippen LogP) is 6.04. The zero-order chi connectivity index (χ0) is 13.4. The molecule has 100 valence electrons. The van der Waals surface area contributed by atoms with E-state index in [1.165, 1.54) is 25.7 Å². The molecule has 0 saturated carbocycles. The normalized spacial score (nSPS) is 10.6. The molecule has 1 nitrogen and oxygen atoms in total. The fourth-order valence-corrected chi connectivity index (χ4v) is 2.79. The second kappa shape index (κ2) is 8.71. The molecule has 0 saturated heterocycles. The first-order valence-corrected chi connectivity index (χ1v) is 7.80. The molecule has 0 unspecified atom stereocenters. The Bertz CT molecular complexity index is 370. The molecular weight excluding hydrogens is 312 g/mol. The van der Waals surface area contributed by atoms with E-state index >= 15 is 0 Å². The third kappa shape index (κ3) is 6.01. The Labute approximate surface area is 123 Å². The Morgan fingerprint density at radius 2 is 1.78 bits per heavy atom. The smallest absolute Gasteiger partial charge is 0.162 e. The third-order valence-electron chi connectivity index (χ3n) is 2.94. The van der Waals surface area contributed by atoms with Gasteiger partial charge in [-0.3, -0.25) is 4.79 Å². The van der Waals surface area contributed by atoms with Crippen molar-refractivity contribution in [1.82, 2.24) is 0 Å². The predicted molar refractivity (Wildman–Crippen MR) is 81.5 cm³/mol. The van der Waals surface area contributed by atoms with Crippen LogP contribution in [-0.2, 0) is 0 Å². The van der Waals surface area contributed by atoms with Gasteiger partial charge in [0.2, 0.25) is 0 Å². The molecule has 1 rings (SSSR count). The molecule has 0 spiro atoms. The van der Waals surface area contributed by atoms with Crippen LogP contribution in [0.25, 0.3) is 0 Å². The lowest BCUT2D eigenvalue weighted by atomic mass is 10.0. The van der Waals surface area contributed by atoms with E-state index < -0.39 is 0 Å². The molecule has 0 atom stereocenters. The summed E-state index contributed by atoms with van der Waals surface area (Å²) in [4.78, 5) is 12.0. The van der Waals surface area contributed by atoms with Gasteiger partial charge in [0.1, 0.15) is 0 Å². The molecule has 0 aromatic heterocycles. The molecule has 0 aliphatic carbocycles. The van der Waals surface area contributed by atoms with E-state index in [1.807, 2.05) is 6.07 Å². The number of carbonyl (C=O) groups excluding carboxylic acids is 1. The van der Waals surface area contributed by atoms with Crippen LogP contribution < -0.4 is 0 Å². The van der Waals surface area contributed by atoms with Crippen molar-refractivity contribution in [1.29, 1.82) is 0 Å². The second-order valence-corrected chi connectivity index (χ2v) is 5.95. The molecule has 0 bridgehead atoms. The summed E-state index contributed by atoms with van der Waals surface area (Å²) >= 11 is 9.29. The second-order valence-electron chi connectivity index (χ2n) is 4.60.